The third kappa shape index (κ3) is 2.76. The Hall–Kier alpha value is -1.14. The number of benzene rings is 1. The zero-order chi connectivity index (χ0) is 12.4. The van der Waals surface area contributed by atoms with Gasteiger partial charge in [0.25, 0.3) is 0 Å². The van der Waals surface area contributed by atoms with Crippen LogP contribution < -0.4 is 10.1 Å². The second-order valence-electron chi connectivity index (χ2n) is 4.08. The van der Waals surface area contributed by atoms with Crippen LogP contribution in [-0.2, 0) is 0 Å². The van der Waals surface area contributed by atoms with E-state index in [1.165, 1.54) is 6.07 Å². The second-order valence-corrected chi connectivity index (χ2v) is 4.93. The highest BCUT2D eigenvalue weighted by Gasteiger charge is 2.21. The lowest BCUT2D eigenvalue weighted by Gasteiger charge is -2.27. The molecule has 1 N–H and O–H groups in total. The summed E-state index contributed by atoms with van der Waals surface area (Å²) < 4.78 is 6.32. The number of halogens is 1. The summed E-state index contributed by atoms with van der Waals surface area (Å²) >= 11 is 3.35. The number of ether oxygens (including phenoxy) is 1. The van der Waals surface area contributed by atoms with Crippen LogP contribution in [0.25, 0.3) is 0 Å². The number of nitrogens with zero attached hydrogens (tertiary/aromatic N) is 1. The van der Waals surface area contributed by atoms with Crippen molar-refractivity contribution in [2.75, 3.05) is 13.2 Å². The minimum absolute atomic E-state index is 0.0185. The lowest BCUT2D eigenvalue weighted by Crippen LogP contribution is -2.46. The minimum atomic E-state index is -0.414. The highest BCUT2D eigenvalue weighted by molar-refractivity contribution is 9.10. The summed E-state index contributed by atoms with van der Waals surface area (Å²) in [6.07, 6.45) is 1.06. The zero-order valence-electron chi connectivity index (χ0n) is 9.40. The first-order valence-electron chi connectivity index (χ1n) is 5.38. The number of hydrogen-bond acceptors (Lipinski definition) is 4. The average Bonchev–Trinajstić information content (AvgIpc) is 2.20. The topological polar surface area (TPSA) is 64.4 Å². The SMILES string of the molecule is Cc1cc([N+](=O)[O-])c(OCC2CCN2)cc1Br. The van der Waals surface area contributed by atoms with Crippen molar-refractivity contribution in [1.29, 1.82) is 0 Å². The highest BCUT2D eigenvalue weighted by Crippen LogP contribution is 2.33. The van der Waals surface area contributed by atoms with Gasteiger partial charge in [-0.25, -0.2) is 0 Å². The first-order valence-corrected chi connectivity index (χ1v) is 6.18. The van der Waals surface area contributed by atoms with Gasteiger partial charge in [-0.3, -0.25) is 10.1 Å². The maximum Gasteiger partial charge on any atom is 0.311 e. The third-order valence-corrected chi connectivity index (χ3v) is 3.66. The van der Waals surface area contributed by atoms with Gasteiger partial charge in [0, 0.05) is 22.6 Å². The Balaban J connectivity index is 2.17. The van der Waals surface area contributed by atoms with Crippen molar-refractivity contribution in [3.63, 3.8) is 0 Å². The molecule has 0 bridgehead atoms. The number of hydrogen-bond donors (Lipinski definition) is 1. The smallest absolute Gasteiger partial charge is 0.311 e. The predicted octanol–water partition coefficient (Wildman–Crippen LogP) is 2.41. The van der Waals surface area contributed by atoms with Crippen LogP contribution in [0.3, 0.4) is 0 Å². The predicted molar refractivity (Wildman–Crippen MR) is 67.4 cm³/mol. The van der Waals surface area contributed by atoms with Crippen LogP contribution in [0.4, 0.5) is 5.69 Å². The van der Waals surface area contributed by atoms with E-state index < -0.39 is 4.92 Å². The van der Waals surface area contributed by atoms with Gasteiger partial charge in [-0.2, -0.15) is 0 Å². The number of rotatable bonds is 4. The van der Waals surface area contributed by atoms with E-state index in [2.05, 4.69) is 21.2 Å². The standard InChI is InChI=1S/C11H13BrN2O3/c1-7-4-10(14(15)16)11(5-9(7)12)17-6-8-2-3-13-8/h4-5,8,13H,2-3,6H2,1H3. The van der Waals surface area contributed by atoms with Crippen LogP contribution in [0.1, 0.15) is 12.0 Å². The number of nitrogens with one attached hydrogen (secondary N) is 1. The Morgan fingerprint density at radius 2 is 2.35 bits per heavy atom. The Bertz CT molecular complexity index is 447. The average molecular weight is 301 g/mol. The van der Waals surface area contributed by atoms with Gasteiger partial charge in [-0.05, 0) is 25.5 Å². The molecule has 0 aromatic heterocycles. The fourth-order valence-corrected chi connectivity index (χ4v) is 1.91. The summed E-state index contributed by atoms with van der Waals surface area (Å²) in [6, 6.07) is 3.49. The molecule has 1 aromatic rings. The molecule has 1 aromatic carbocycles. The largest absolute Gasteiger partial charge is 0.485 e. The van der Waals surface area contributed by atoms with Gasteiger partial charge < -0.3 is 10.1 Å². The Morgan fingerprint density at radius 1 is 1.65 bits per heavy atom. The number of nitro groups is 1. The molecular weight excluding hydrogens is 288 g/mol. The van der Waals surface area contributed by atoms with E-state index in [-0.39, 0.29) is 5.69 Å². The van der Waals surface area contributed by atoms with Gasteiger partial charge >= 0.3 is 5.69 Å². The molecule has 0 amide bonds. The summed E-state index contributed by atoms with van der Waals surface area (Å²) in [6.45, 7) is 3.28. The lowest BCUT2D eigenvalue weighted by molar-refractivity contribution is -0.386. The molecule has 1 unspecified atom stereocenters. The lowest BCUT2D eigenvalue weighted by atomic mass is 10.1. The summed E-state index contributed by atoms with van der Waals surface area (Å²) in [5.41, 5.74) is 0.843. The molecule has 1 aliphatic heterocycles. The molecular formula is C11H13BrN2O3. The molecule has 92 valence electrons. The van der Waals surface area contributed by atoms with Crippen molar-refractivity contribution in [2.24, 2.45) is 0 Å². The first kappa shape index (κ1) is 12.3. The fraction of sp³-hybridized carbons (Fsp3) is 0.455. The maximum absolute atomic E-state index is 10.9. The molecule has 1 heterocycles. The summed E-state index contributed by atoms with van der Waals surface area (Å²) in [7, 11) is 0. The van der Waals surface area contributed by atoms with E-state index in [9.17, 15) is 10.1 Å². The molecule has 0 spiro atoms. The van der Waals surface area contributed by atoms with Crippen molar-refractivity contribution in [1.82, 2.24) is 5.32 Å². The molecule has 1 atom stereocenters. The molecule has 2 rings (SSSR count). The Labute approximate surface area is 107 Å². The van der Waals surface area contributed by atoms with Gasteiger partial charge in [0.1, 0.15) is 6.61 Å². The normalized spacial score (nSPS) is 18.6. The minimum Gasteiger partial charge on any atom is -0.485 e. The first-order chi connectivity index (χ1) is 8.08. The van der Waals surface area contributed by atoms with Gasteiger partial charge in [-0.15, -0.1) is 0 Å². The van der Waals surface area contributed by atoms with E-state index in [1.54, 1.807) is 6.07 Å². The number of nitro benzene ring substituents is 1. The molecule has 0 saturated carbocycles. The monoisotopic (exact) mass is 300 g/mol. The van der Waals surface area contributed by atoms with Crippen LogP contribution in [0.2, 0.25) is 0 Å². The molecule has 17 heavy (non-hydrogen) atoms. The van der Waals surface area contributed by atoms with E-state index in [4.69, 9.17) is 4.74 Å². The summed E-state index contributed by atoms with van der Waals surface area (Å²) in [5, 5.41) is 14.1. The van der Waals surface area contributed by atoms with E-state index >= 15 is 0 Å². The van der Waals surface area contributed by atoms with E-state index in [0.29, 0.717) is 18.4 Å². The van der Waals surface area contributed by atoms with Crippen molar-refractivity contribution in [2.45, 2.75) is 19.4 Å². The highest BCUT2D eigenvalue weighted by atomic mass is 79.9. The molecule has 0 radical (unpaired) electrons. The van der Waals surface area contributed by atoms with Gasteiger partial charge in [0.2, 0.25) is 0 Å². The van der Waals surface area contributed by atoms with Gasteiger partial charge in [0.05, 0.1) is 4.92 Å². The number of aryl methyl sites for hydroxylation is 1. The second kappa shape index (κ2) is 5.01. The zero-order valence-corrected chi connectivity index (χ0v) is 11.0. The maximum atomic E-state index is 10.9. The quantitative estimate of drug-likeness (QED) is 0.685. The Morgan fingerprint density at radius 3 is 2.88 bits per heavy atom. The Kier molecular flexibility index (Phi) is 3.63. The summed E-state index contributed by atoms with van der Waals surface area (Å²) in [5.74, 6) is 0.321. The molecule has 6 heteroatoms. The third-order valence-electron chi connectivity index (χ3n) is 2.80. The van der Waals surface area contributed by atoms with Crippen LogP contribution in [0.5, 0.6) is 5.75 Å². The van der Waals surface area contributed by atoms with E-state index in [1.807, 2.05) is 6.92 Å². The molecule has 1 saturated heterocycles. The van der Waals surface area contributed by atoms with Gasteiger partial charge in [-0.1, -0.05) is 15.9 Å². The summed E-state index contributed by atoms with van der Waals surface area (Å²) in [4.78, 5) is 10.5. The molecule has 1 fully saturated rings. The molecule has 0 aliphatic carbocycles. The molecule has 1 aliphatic rings. The van der Waals surface area contributed by atoms with Gasteiger partial charge in [0.15, 0.2) is 5.75 Å². The van der Waals surface area contributed by atoms with Crippen LogP contribution >= 0.6 is 15.9 Å². The fourth-order valence-electron chi connectivity index (χ4n) is 1.59. The van der Waals surface area contributed by atoms with E-state index in [0.717, 1.165) is 23.0 Å². The van der Waals surface area contributed by atoms with Crippen LogP contribution in [0, 0.1) is 17.0 Å². The van der Waals surface area contributed by atoms with Crippen LogP contribution in [0.15, 0.2) is 16.6 Å². The van der Waals surface area contributed by atoms with Crippen molar-refractivity contribution >= 4 is 21.6 Å². The van der Waals surface area contributed by atoms with Crippen molar-refractivity contribution < 1.29 is 9.66 Å². The van der Waals surface area contributed by atoms with Crippen LogP contribution in [-0.4, -0.2) is 24.1 Å². The van der Waals surface area contributed by atoms with Crippen molar-refractivity contribution in [3.05, 3.63) is 32.3 Å². The van der Waals surface area contributed by atoms with Crippen molar-refractivity contribution in [3.8, 4) is 5.75 Å². The molecule has 5 nitrogen and oxygen atoms in total.